The molecule has 0 N–H and O–H groups in total. The summed E-state index contributed by atoms with van der Waals surface area (Å²) in [6, 6.07) is -0.376. The molecule has 1 aromatic rings. The number of imide groups is 1. The number of aromatic nitrogens is 2. The Morgan fingerprint density at radius 1 is 1.19 bits per heavy atom. The van der Waals surface area contributed by atoms with Crippen molar-refractivity contribution in [2.24, 2.45) is 10.9 Å². The van der Waals surface area contributed by atoms with Crippen LogP contribution in [-0.4, -0.2) is 38.6 Å². The second kappa shape index (κ2) is 6.20. The quantitative estimate of drug-likeness (QED) is 0.853. The zero-order valence-corrected chi connectivity index (χ0v) is 12.1. The average molecular weight is 288 g/mol. The molecule has 1 atom stereocenters. The number of aliphatic imine (C=N–C) groups is 1. The van der Waals surface area contributed by atoms with Gasteiger partial charge in [-0.1, -0.05) is 12.8 Å². The van der Waals surface area contributed by atoms with Crippen LogP contribution in [0.4, 0.5) is 4.79 Å². The first kappa shape index (κ1) is 14.0. The molecule has 21 heavy (non-hydrogen) atoms. The zero-order valence-electron chi connectivity index (χ0n) is 12.1. The van der Waals surface area contributed by atoms with Crippen molar-refractivity contribution >= 4 is 17.6 Å². The summed E-state index contributed by atoms with van der Waals surface area (Å²) >= 11 is 0. The topological polar surface area (TPSA) is 67.6 Å². The molecule has 1 aliphatic carbocycles. The Hall–Kier alpha value is -1.98. The van der Waals surface area contributed by atoms with E-state index in [1.807, 2.05) is 10.8 Å². The van der Waals surface area contributed by atoms with Gasteiger partial charge in [-0.2, -0.15) is 0 Å². The molecule has 1 aromatic heterocycles. The highest BCUT2D eigenvalue weighted by atomic mass is 16.2. The molecule has 1 unspecified atom stereocenters. The SMILES string of the molecule is O=C1N=C2CCCCCC2C(=O)N1CCCn1ccnc1. The molecule has 0 aromatic carbocycles. The van der Waals surface area contributed by atoms with E-state index in [-0.39, 0.29) is 17.9 Å². The van der Waals surface area contributed by atoms with Gasteiger partial charge in [0.25, 0.3) is 0 Å². The summed E-state index contributed by atoms with van der Waals surface area (Å²) in [6.45, 7) is 1.18. The van der Waals surface area contributed by atoms with Crippen LogP contribution in [0, 0.1) is 5.92 Å². The van der Waals surface area contributed by atoms with Crippen molar-refractivity contribution < 1.29 is 9.59 Å². The number of imidazole rings is 1. The summed E-state index contributed by atoms with van der Waals surface area (Å²) in [5.41, 5.74) is 0.813. The van der Waals surface area contributed by atoms with Crippen LogP contribution in [-0.2, 0) is 11.3 Å². The lowest BCUT2D eigenvalue weighted by Gasteiger charge is -2.28. The largest absolute Gasteiger partial charge is 0.350 e. The van der Waals surface area contributed by atoms with Crippen molar-refractivity contribution in [3.63, 3.8) is 0 Å². The minimum atomic E-state index is -0.376. The number of fused-ring (bicyclic) bond motifs is 1. The van der Waals surface area contributed by atoms with E-state index >= 15 is 0 Å². The molecule has 6 heteroatoms. The Morgan fingerprint density at radius 3 is 2.90 bits per heavy atom. The highest BCUT2D eigenvalue weighted by Crippen LogP contribution is 2.26. The van der Waals surface area contributed by atoms with Crippen molar-refractivity contribution in [1.29, 1.82) is 0 Å². The number of aryl methyl sites for hydroxylation is 1. The van der Waals surface area contributed by atoms with Gasteiger partial charge in [-0.3, -0.25) is 9.69 Å². The van der Waals surface area contributed by atoms with Crippen LogP contribution in [0.25, 0.3) is 0 Å². The summed E-state index contributed by atoms with van der Waals surface area (Å²) < 4.78 is 1.94. The van der Waals surface area contributed by atoms with Gasteiger partial charge < -0.3 is 4.57 Å². The van der Waals surface area contributed by atoms with E-state index in [1.54, 1.807) is 12.5 Å². The maximum absolute atomic E-state index is 12.5. The molecule has 2 aliphatic rings. The van der Waals surface area contributed by atoms with Crippen LogP contribution in [0.15, 0.2) is 23.7 Å². The van der Waals surface area contributed by atoms with Gasteiger partial charge in [-0.15, -0.1) is 0 Å². The molecule has 1 fully saturated rings. The molecule has 3 amide bonds. The number of carbonyl (C=O) groups is 2. The third-order valence-electron chi connectivity index (χ3n) is 4.22. The third kappa shape index (κ3) is 3.04. The third-order valence-corrected chi connectivity index (χ3v) is 4.22. The highest BCUT2D eigenvalue weighted by molar-refractivity contribution is 6.16. The van der Waals surface area contributed by atoms with E-state index in [9.17, 15) is 9.59 Å². The summed E-state index contributed by atoms with van der Waals surface area (Å²) in [4.78, 5) is 34.1. The Labute approximate surface area is 123 Å². The predicted octanol–water partition coefficient (Wildman–Crippen LogP) is 2.26. The fraction of sp³-hybridized carbons (Fsp3) is 0.600. The maximum atomic E-state index is 12.5. The lowest BCUT2D eigenvalue weighted by Crippen LogP contribution is -2.46. The Kier molecular flexibility index (Phi) is 4.13. The molecule has 6 nitrogen and oxygen atoms in total. The van der Waals surface area contributed by atoms with Crippen LogP contribution >= 0.6 is 0 Å². The van der Waals surface area contributed by atoms with Crippen LogP contribution in [0.3, 0.4) is 0 Å². The van der Waals surface area contributed by atoms with Gasteiger partial charge in [0.1, 0.15) is 0 Å². The summed E-state index contributed by atoms with van der Waals surface area (Å²) in [6.07, 6.45) is 10.9. The second-order valence-corrected chi connectivity index (χ2v) is 5.68. The molecule has 1 aliphatic heterocycles. The van der Waals surface area contributed by atoms with Crippen molar-refractivity contribution in [1.82, 2.24) is 14.5 Å². The molecule has 0 bridgehead atoms. The van der Waals surface area contributed by atoms with E-state index < -0.39 is 0 Å². The predicted molar refractivity (Wildman–Crippen MR) is 78.0 cm³/mol. The minimum Gasteiger partial charge on any atom is -0.337 e. The molecule has 2 heterocycles. The van der Waals surface area contributed by atoms with Crippen molar-refractivity contribution in [2.75, 3.05) is 6.54 Å². The van der Waals surface area contributed by atoms with Crippen molar-refractivity contribution in [3.8, 4) is 0 Å². The van der Waals surface area contributed by atoms with E-state index in [0.717, 1.165) is 50.8 Å². The van der Waals surface area contributed by atoms with E-state index in [4.69, 9.17) is 0 Å². The minimum absolute atomic E-state index is 0.0440. The van der Waals surface area contributed by atoms with Crippen molar-refractivity contribution in [2.45, 2.75) is 45.1 Å². The van der Waals surface area contributed by atoms with Crippen LogP contribution in [0.1, 0.15) is 38.5 Å². The summed E-state index contributed by atoms with van der Waals surface area (Å²) in [5.74, 6) is -0.198. The first-order valence-electron chi connectivity index (χ1n) is 7.64. The summed E-state index contributed by atoms with van der Waals surface area (Å²) in [5, 5.41) is 0. The number of amides is 3. The normalized spacial score (nSPS) is 22.8. The van der Waals surface area contributed by atoms with E-state index in [0.29, 0.717) is 6.54 Å². The first-order chi connectivity index (χ1) is 10.3. The standard InChI is InChI=1S/C15H20N4O2/c20-14-12-5-2-1-3-6-13(12)17-15(21)19(14)9-4-8-18-10-7-16-11-18/h7,10-12H,1-6,8-9H2. The Bertz CT molecular complexity index is 550. The number of hydrogen-bond donors (Lipinski definition) is 0. The van der Waals surface area contributed by atoms with Crippen LogP contribution in [0.2, 0.25) is 0 Å². The fourth-order valence-corrected chi connectivity index (χ4v) is 3.07. The molecule has 1 saturated carbocycles. The highest BCUT2D eigenvalue weighted by Gasteiger charge is 2.37. The number of hydrogen-bond acceptors (Lipinski definition) is 3. The molecule has 0 saturated heterocycles. The Morgan fingerprint density at radius 2 is 2.10 bits per heavy atom. The fourth-order valence-electron chi connectivity index (χ4n) is 3.07. The number of nitrogens with zero attached hydrogens (tertiary/aromatic N) is 4. The van der Waals surface area contributed by atoms with Gasteiger partial charge in [0.15, 0.2) is 0 Å². The van der Waals surface area contributed by atoms with Gasteiger partial charge in [0.2, 0.25) is 5.91 Å². The summed E-state index contributed by atoms with van der Waals surface area (Å²) in [7, 11) is 0. The van der Waals surface area contributed by atoms with Gasteiger partial charge in [0, 0.05) is 31.2 Å². The van der Waals surface area contributed by atoms with Crippen molar-refractivity contribution in [3.05, 3.63) is 18.7 Å². The zero-order chi connectivity index (χ0) is 14.7. The molecule has 112 valence electrons. The number of carbonyl (C=O) groups excluding carboxylic acids is 2. The van der Waals surface area contributed by atoms with Gasteiger partial charge in [-0.05, 0) is 25.7 Å². The van der Waals surface area contributed by atoms with Crippen LogP contribution < -0.4 is 0 Å². The van der Waals surface area contributed by atoms with Gasteiger partial charge in [0.05, 0.1) is 12.2 Å². The number of rotatable bonds is 4. The molecule has 0 spiro atoms. The molecule has 3 rings (SSSR count). The van der Waals surface area contributed by atoms with Crippen LogP contribution in [0.5, 0.6) is 0 Å². The lowest BCUT2D eigenvalue weighted by atomic mass is 9.95. The van der Waals surface area contributed by atoms with E-state index in [1.165, 1.54) is 4.90 Å². The first-order valence-corrected chi connectivity index (χ1v) is 7.64. The molecular formula is C15H20N4O2. The molecule has 0 radical (unpaired) electrons. The Balaban J connectivity index is 1.64. The second-order valence-electron chi connectivity index (χ2n) is 5.68. The average Bonchev–Trinajstić information content (AvgIpc) is 2.87. The maximum Gasteiger partial charge on any atom is 0.350 e. The molecular weight excluding hydrogens is 268 g/mol. The smallest absolute Gasteiger partial charge is 0.337 e. The monoisotopic (exact) mass is 288 g/mol. The van der Waals surface area contributed by atoms with Gasteiger partial charge >= 0.3 is 6.03 Å². The number of urea groups is 1. The van der Waals surface area contributed by atoms with Gasteiger partial charge in [-0.25, -0.2) is 14.8 Å². The van der Waals surface area contributed by atoms with E-state index in [2.05, 4.69) is 9.98 Å². The lowest BCUT2D eigenvalue weighted by molar-refractivity contribution is -0.130.